The molecule has 4 rings (SSSR count). The molecule has 0 fully saturated rings. The highest BCUT2D eigenvalue weighted by Crippen LogP contribution is 2.24. The summed E-state index contributed by atoms with van der Waals surface area (Å²) in [6, 6.07) is 25.5. The van der Waals surface area contributed by atoms with E-state index in [-0.39, 0.29) is 23.2 Å². The van der Waals surface area contributed by atoms with Gasteiger partial charge in [0.05, 0.1) is 17.4 Å². The first-order valence-corrected chi connectivity index (χ1v) is 9.98. The number of amides is 2. The molecule has 0 radical (unpaired) electrons. The van der Waals surface area contributed by atoms with Crippen LogP contribution >= 0.6 is 15.9 Å². The fraction of sp³-hybridized carbons (Fsp3) is 0. The molecule has 6 nitrogen and oxygen atoms in total. The van der Waals surface area contributed by atoms with Crippen LogP contribution in [0.2, 0.25) is 0 Å². The summed E-state index contributed by atoms with van der Waals surface area (Å²) in [5, 5.41) is 10.0. The topological polar surface area (TPSA) is 76.0 Å². The first-order valence-electron chi connectivity index (χ1n) is 9.19. The predicted molar refractivity (Wildman–Crippen MR) is 120 cm³/mol. The van der Waals surface area contributed by atoms with Crippen molar-refractivity contribution in [1.82, 2.24) is 9.78 Å². The molecule has 0 aliphatic carbocycles. The van der Waals surface area contributed by atoms with E-state index in [9.17, 15) is 9.59 Å². The smallest absolute Gasteiger partial charge is 0.261 e. The molecule has 30 heavy (non-hydrogen) atoms. The number of para-hydroxylation sites is 2. The Bertz CT molecular complexity index is 1190. The second kappa shape index (κ2) is 8.75. The molecule has 0 atom stereocenters. The normalized spacial score (nSPS) is 10.4. The Balaban J connectivity index is 1.72. The van der Waals surface area contributed by atoms with Crippen molar-refractivity contribution in [2.24, 2.45) is 0 Å². The molecule has 2 amide bonds. The molecule has 0 aliphatic rings. The fourth-order valence-electron chi connectivity index (χ4n) is 2.94. The van der Waals surface area contributed by atoms with E-state index in [2.05, 4.69) is 31.7 Å². The number of hydrogen-bond acceptors (Lipinski definition) is 3. The van der Waals surface area contributed by atoms with E-state index < -0.39 is 0 Å². The van der Waals surface area contributed by atoms with E-state index in [0.29, 0.717) is 15.7 Å². The Morgan fingerprint density at radius 3 is 2.03 bits per heavy atom. The molecule has 1 aromatic heterocycles. The van der Waals surface area contributed by atoms with Crippen LogP contribution in [0.25, 0.3) is 5.69 Å². The molecule has 2 N–H and O–H groups in total. The zero-order chi connectivity index (χ0) is 20.9. The van der Waals surface area contributed by atoms with Crippen LogP contribution in [-0.4, -0.2) is 21.6 Å². The maximum absolute atomic E-state index is 12.9. The highest BCUT2D eigenvalue weighted by atomic mass is 79.9. The van der Waals surface area contributed by atoms with E-state index >= 15 is 0 Å². The molecule has 0 saturated heterocycles. The summed E-state index contributed by atoms with van der Waals surface area (Å²) >= 11 is 3.39. The Labute approximate surface area is 181 Å². The summed E-state index contributed by atoms with van der Waals surface area (Å²) in [6.07, 6.45) is 1.45. The number of halogens is 1. The lowest BCUT2D eigenvalue weighted by molar-refractivity contribution is 0.102. The van der Waals surface area contributed by atoms with Crippen LogP contribution in [0.3, 0.4) is 0 Å². The zero-order valence-electron chi connectivity index (χ0n) is 15.7. The quantitative estimate of drug-likeness (QED) is 0.432. The average Bonchev–Trinajstić information content (AvgIpc) is 3.19. The van der Waals surface area contributed by atoms with Crippen molar-refractivity contribution in [3.8, 4) is 5.69 Å². The van der Waals surface area contributed by atoms with E-state index in [1.807, 2.05) is 54.6 Å². The van der Waals surface area contributed by atoms with Gasteiger partial charge in [-0.2, -0.15) is 5.10 Å². The van der Waals surface area contributed by atoms with Gasteiger partial charge in [-0.05, 0) is 52.3 Å². The van der Waals surface area contributed by atoms with Crippen molar-refractivity contribution < 1.29 is 9.59 Å². The van der Waals surface area contributed by atoms with Gasteiger partial charge in [-0.3, -0.25) is 9.59 Å². The maximum atomic E-state index is 12.9. The van der Waals surface area contributed by atoms with Gasteiger partial charge in [-0.25, -0.2) is 4.68 Å². The number of aromatic nitrogens is 2. The number of anilines is 2. The van der Waals surface area contributed by atoms with E-state index in [1.54, 1.807) is 30.3 Å². The van der Waals surface area contributed by atoms with E-state index in [0.717, 1.165) is 5.69 Å². The third kappa shape index (κ3) is 4.16. The molecule has 0 aliphatic heterocycles. The molecule has 7 heteroatoms. The summed E-state index contributed by atoms with van der Waals surface area (Å²) in [5.74, 6) is -0.435. The molecule has 0 unspecified atom stereocenters. The largest absolute Gasteiger partial charge is 0.322 e. The molecular formula is C23H17BrN4O2. The minimum Gasteiger partial charge on any atom is -0.322 e. The van der Waals surface area contributed by atoms with Gasteiger partial charge in [0.25, 0.3) is 11.8 Å². The van der Waals surface area contributed by atoms with E-state index in [4.69, 9.17) is 0 Å². The predicted octanol–water partition coefficient (Wildman–Crippen LogP) is 5.14. The lowest BCUT2D eigenvalue weighted by atomic mass is 10.2. The van der Waals surface area contributed by atoms with Gasteiger partial charge >= 0.3 is 0 Å². The first-order chi connectivity index (χ1) is 14.6. The summed E-state index contributed by atoms with van der Waals surface area (Å²) in [5.41, 5.74) is 2.08. The summed E-state index contributed by atoms with van der Waals surface area (Å²) in [6.45, 7) is 0. The Morgan fingerprint density at radius 2 is 1.33 bits per heavy atom. The lowest BCUT2D eigenvalue weighted by Gasteiger charge is -2.12. The van der Waals surface area contributed by atoms with Crippen molar-refractivity contribution in [3.63, 3.8) is 0 Å². The van der Waals surface area contributed by atoms with Gasteiger partial charge in [0.1, 0.15) is 11.4 Å². The monoisotopic (exact) mass is 460 g/mol. The van der Waals surface area contributed by atoms with Crippen LogP contribution in [0.5, 0.6) is 0 Å². The summed E-state index contributed by atoms with van der Waals surface area (Å²) in [4.78, 5) is 25.9. The number of nitrogens with one attached hydrogen (secondary N) is 2. The maximum Gasteiger partial charge on any atom is 0.261 e. The molecule has 4 aromatic rings. The van der Waals surface area contributed by atoms with Gasteiger partial charge in [-0.1, -0.05) is 48.5 Å². The number of nitrogens with zero attached hydrogens (tertiary/aromatic N) is 2. The van der Waals surface area contributed by atoms with Gasteiger partial charge in [0.15, 0.2) is 0 Å². The van der Waals surface area contributed by atoms with Crippen LogP contribution in [0.1, 0.15) is 20.7 Å². The van der Waals surface area contributed by atoms with Crippen molar-refractivity contribution >= 4 is 39.2 Å². The van der Waals surface area contributed by atoms with Crippen LogP contribution < -0.4 is 10.6 Å². The Hall–Kier alpha value is -3.71. The summed E-state index contributed by atoms with van der Waals surface area (Å²) in [7, 11) is 0. The Morgan fingerprint density at radius 1 is 0.733 bits per heavy atom. The van der Waals surface area contributed by atoms with Crippen molar-refractivity contribution in [2.45, 2.75) is 0 Å². The van der Waals surface area contributed by atoms with Crippen LogP contribution in [0.4, 0.5) is 11.5 Å². The van der Waals surface area contributed by atoms with Crippen molar-refractivity contribution in [1.29, 1.82) is 0 Å². The molecule has 0 spiro atoms. The number of carbonyl (C=O) groups is 2. The van der Waals surface area contributed by atoms with Gasteiger partial charge < -0.3 is 10.6 Å². The highest BCUT2D eigenvalue weighted by Gasteiger charge is 2.22. The molecule has 0 bridgehead atoms. The fourth-order valence-corrected chi connectivity index (χ4v) is 3.40. The highest BCUT2D eigenvalue weighted by molar-refractivity contribution is 9.10. The van der Waals surface area contributed by atoms with Gasteiger partial charge in [-0.15, -0.1) is 0 Å². The molecule has 0 saturated carbocycles. The molecular weight excluding hydrogens is 444 g/mol. The number of rotatable bonds is 5. The molecule has 3 aromatic carbocycles. The van der Waals surface area contributed by atoms with Gasteiger partial charge in [0, 0.05) is 10.2 Å². The van der Waals surface area contributed by atoms with Crippen molar-refractivity contribution in [3.05, 3.63) is 107 Å². The SMILES string of the molecule is O=C(Nc1c(C(=O)Nc2ccccc2)cnn1-c1ccccc1)c1ccccc1Br. The van der Waals surface area contributed by atoms with Crippen LogP contribution in [0, 0.1) is 0 Å². The van der Waals surface area contributed by atoms with Crippen LogP contribution in [-0.2, 0) is 0 Å². The number of benzene rings is 3. The zero-order valence-corrected chi connectivity index (χ0v) is 17.3. The van der Waals surface area contributed by atoms with E-state index in [1.165, 1.54) is 10.9 Å². The third-order valence-electron chi connectivity index (χ3n) is 4.40. The standard InChI is InChI=1S/C23H17BrN4O2/c24-20-14-8-7-13-18(20)22(29)27-21-19(23(30)26-16-9-3-1-4-10-16)15-25-28(21)17-11-5-2-6-12-17/h1-15H,(H,26,30)(H,27,29). The molecule has 148 valence electrons. The minimum absolute atomic E-state index is 0.253. The van der Waals surface area contributed by atoms with Crippen LogP contribution in [0.15, 0.2) is 95.6 Å². The average molecular weight is 461 g/mol. The second-order valence-electron chi connectivity index (χ2n) is 6.41. The van der Waals surface area contributed by atoms with Crippen molar-refractivity contribution in [2.75, 3.05) is 10.6 Å². The molecule has 1 heterocycles. The summed E-state index contributed by atoms with van der Waals surface area (Å²) < 4.78 is 2.19. The number of carbonyl (C=O) groups excluding carboxylic acids is 2. The third-order valence-corrected chi connectivity index (χ3v) is 5.09. The van der Waals surface area contributed by atoms with Gasteiger partial charge in [0.2, 0.25) is 0 Å². The Kier molecular flexibility index (Phi) is 5.72. The minimum atomic E-state index is -0.370. The lowest BCUT2D eigenvalue weighted by Crippen LogP contribution is -2.20. The number of hydrogen-bond donors (Lipinski definition) is 2. The second-order valence-corrected chi connectivity index (χ2v) is 7.26. The first kappa shape index (κ1) is 19.6.